The lowest BCUT2D eigenvalue weighted by Gasteiger charge is -2.37. The smallest absolute Gasteiger partial charge is 0.118 e. The molecule has 2 unspecified atom stereocenters. The van der Waals surface area contributed by atoms with Crippen LogP contribution in [-0.2, 0) is 5.60 Å². The molecule has 0 bridgehead atoms. The van der Waals surface area contributed by atoms with Gasteiger partial charge < -0.3 is 15.5 Å². The molecule has 0 spiro atoms. The van der Waals surface area contributed by atoms with Gasteiger partial charge in [0.25, 0.3) is 0 Å². The second-order valence-corrected chi connectivity index (χ2v) is 3.76. The summed E-state index contributed by atoms with van der Waals surface area (Å²) in [6.07, 6.45) is -0.170. The molecule has 1 heterocycles. The topological polar surface area (TPSA) is 52.5 Å². The Balaban J connectivity index is 0.00000112. The third kappa shape index (κ3) is 2.32. The number of aliphatic hydroxyl groups excluding tert-OH is 1. The van der Waals surface area contributed by atoms with Crippen LogP contribution in [0.5, 0.6) is 0 Å². The summed E-state index contributed by atoms with van der Waals surface area (Å²) in [5.41, 5.74) is -0.277. The van der Waals surface area contributed by atoms with Crippen molar-refractivity contribution < 1.29 is 10.2 Å². The van der Waals surface area contributed by atoms with Gasteiger partial charge in [-0.25, -0.2) is 0 Å². The highest BCUT2D eigenvalue weighted by Crippen LogP contribution is 2.30. The number of benzene rings is 1. The van der Waals surface area contributed by atoms with Crippen molar-refractivity contribution in [2.24, 2.45) is 0 Å². The van der Waals surface area contributed by atoms with Crippen LogP contribution in [0.2, 0.25) is 0 Å². The van der Waals surface area contributed by atoms with Gasteiger partial charge in [-0.3, -0.25) is 0 Å². The first kappa shape index (κ1) is 12.5. The van der Waals surface area contributed by atoms with Crippen LogP contribution < -0.4 is 5.32 Å². The average molecular weight is 230 g/mol. The van der Waals surface area contributed by atoms with Crippen molar-refractivity contribution in [1.82, 2.24) is 5.32 Å². The Bertz CT molecular complexity index is 307. The fourth-order valence-electron chi connectivity index (χ4n) is 1.92. The largest absolute Gasteiger partial charge is 0.388 e. The highest BCUT2D eigenvalue weighted by Gasteiger charge is 2.39. The van der Waals surface area contributed by atoms with E-state index in [1.54, 1.807) is 0 Å². The number of piperidine rings is 1. The van der Waals surface area contributed by atoms with Crippen molar-refractivity contribution in [1.29, 1.82) is 0 Å². The predicted octanol–water partition coefficient (Wildman–Crippen LogP) is 0.650. The van der Waals surface area contributed by atoms with Crippen molar-refractivity contribution in [3.05, 3.63) is 35.9 Å². The second kappa shape index (κ2) is 4.94. The number of hydrogen-bond donors (Lipinski definition) is 3. The van der Waals surface area contributed by atoms with Gasteiger partial charge in [-0.15, -0.1) is 12.4 Å². The lowest BCUT2D eigenvalue weighted by atomic mass is 9.83. The maximum Gasteiger partial charge on any atom is 0.118 e. The van der Waals surface area contributed by atoms with E-state index in [0.29, 0.717) is 13.0 Å². The lowest BCUT2D eigenvalue weighted by Crippen LogP contribution is -2.51. The molecule has 1 aromatic rings. The fraction of sp³-hybridized carbons (Fsp3) is 0.455. The van der Waals surface area contributed by atoms with Gasteiger partial charge in [0.05, 0.1) is 6.10 Å². The van der Waals surface area contributed by atoms with Gasteiger partial charge in [0.1, 0.15) is 5.60 Å². The molecule has 1 aliphatic heterocycles. The Kier molecular flexibility index (Phi) is 4.11. The maximum atomic E-state index is 10.3. The molecule has 0 radical (unpaired) electrons. The molecule has 2 rings (SSSR count). The van der Waals surface area contributed by atoms with Gasteiger partial charge in [0, 0.05) is 6.54 Å². The number of nitrogens with one attached hydrogen (secondary N) is 1. The van der Waals surface area contributed by atoms with E-state index in [1.807, 2.05) is 30.3 Å². The quantitative estimate of drug-likeness (QED) is 0.663. The summed E-state index contributed by atoms with van der Waals surface area (Å²) in [4.78, 5) is 0. The molecular formula is C11H16ClNO2. The summed E-state index contributed by atoms with van der Waals surface area (Å²) in [7, 11) is 0. The molecule has 3 N–H and O–H groups in total. The third-order valence-corrected chi connectivity index (χ3v) is 2.85. The van der Waals surface area contributed by atoms with Gasteiger partial charge in [0.2, 0.25) is 0 Å². The van der Waals surface area contributed by atoms with E-state index in [1.165, 1.54) is 0 Å². The Morgan fingerprint density at radius 2 is 1.93 bits per heavy atom. The molecule has 0 aliphatic carbocycles. The Labute approximate surface area is 95.5 Å². The standard InChI is InChI=1S/C11H15NO2.ClH/c13-10-8-12-7-6-11(10,14)9-4-2-1-3-5-9;/h1-5,10,12-14H,6-8H2;1H. The van der Waals surface area contributed by atoms with E-state index < -0.39 is 11.7 Å². The molecule has 2 atom stereocenters. The molecule has 1 aliphatic rings. The minimum atomic E-state index is -1.08. The van der Waals surface area contributed by atoms with Crippen LogP contribution in [0.25, 0.3) is 0 Å². The Morgan fingerprint density at radius 1 is 1.27 bits per heavy atom. The predicted molar refractivity (Wildman–Crippen MR) is 61.1 cm³/mol. The molecule has 1 saturated heterocycles. The SMILES string of the molecule is Cl.OC1CNCCC1(O)c1ccccc1. The van der Waals surface area contributed by atoms with Crippen LogP contribution in [0.3, 0.4) is 0 Å². The first-order chi connectivity index (χ1) is 6.73. The summed E-state index contributed by atoms with van der Waals surface area (Å²) < 4.78 is 0. The minimum absolute atomic E-state index is 0. The van der Waals surface area contributed by atoms with Crippen molar-refractivity contribution in [3.8, 4) is 0 Å². The summed E-state index contributed by atoms with van der Waals surface area (Å²) in [5, 5.41) is 23.1. The molecule has 3 nitrogen and oxygen atoms in total. The minimum Gasteiger partial charge on any atom is -0.388 e. The van der Waals surface area contributed by atoms with Crippen molar-refractivity contribution in [2.75, 3.05) is 13.1 Å². The number of aliphatic hydroxyl groups is 2. The summed E-state index contributed by atoms with van der Waals surface area (Å²) >= 11 is 0. The van der Waals surface area contributed by atoms with E-state index in [4.69, 9.17) is 0 Å². The van der Waals surface area contributed by atoms with Gasteiger partial charge in [-0.2, -0.15) is 0 Å². The molecule has 1 aromatic carbocycles. The fourth-order valence-corrected chi connectivity index (χ4v) is 1.92. The summed E-state index contributed by atoms with van der Waals surface area (Å²) in [5.74, 6) is 0. The molecular weight excluding hydrogens is 214 g/mol. The molecule has 84 valence electrons. The third-order valence-electron chi connectivity index (χ3n) is 2.85. The van der Waals surface area contributed by atoms with Crippen LogP contribution >= 0.6 is 12.4 Å². The Hall–Kier alpha value is -0.610. The summed E-state index contributed by atoms with van der Waals surface area (Å²) in [6, 6.07) is 9.37. The normalized spacial score (nSPS) is 30.7. The molecule has 0 aromatic heterocycles. The zero-order valence-electron chi connectivity index (χ0n) is 8.39. The molecule has 0 amide bonds. The van der Waals surface area contributed by atoms with Crippen molar-refractivity contribution in [3.63, 3.8) is 0 Å². The van der Waals surface area contributed by atoms with E-state index in [-0.39, 0.29) is 12.4 Å². The van der Waals surface area contributed by atoms with Crippen LogP contribution in [-0.4, -0.2) is 29.4 Å². The first-order valence-electron chi connectivity index (χ1n) is 4.90. The molecule has 1 fully saturated rings. The maximum absolute atomic E-state index is 10.3. The van der Waals surface area contributed by atoms with Crippen molar-refractivity contribution >= 4 is 12.4 Å². The van der Waals surface area contributed by atoms with Gasteiger partial charge in [-0.1, -0.05) is 30.3 Å². The zero-order chi connectivity index (χ0) is 10.0. The number of β-amino-alcohol motifs (C(OH)–C–C–N with tert-alkyl or cyclic N) is 1. The van der Waals surface area contributed by atoms with Crippen LogP contribution in [0, 0.1) is 0 Å². The highest BCUT2D eigenvalue weighted by molar-refractivity contribution is 5.85. The first-order valence-corrected chi connectivity index (χ1v) is 4.90. The Morgan fingerprint density at radius 3 is 2.53 bits per heavy atom. The molecule has 15 heavy (non-hydrogen) atoms. The summed E-state index contributed by atoms with van der Waals surface area (Å²) in [6.45, 7) is 1.19. The van der Waals surface area contributed by atoms with Gasteiger partial charge in [0.15, 0.2) is 0 Å². The van der Waals surface area contributed by atoms with Crippen molar-refractivity contribution in [2.45, 2.75) is 18.1 Å². The highest BCUT2D eigenvalue weighted by atomic mass is 35.5. The van der Waals surface area contributed by atoms with E-state index in [9.17, 15) is 10.2 Å². The number of halogens is 1. The van der Waals surface area contributed by atoms with Gasteiger partial charge in [-0.05, 0) is 18.5 Å². The number of rotatable bonds is 1. The van der Waals surface area contributed by atoms with Crippen LogP contribution in [0.1, 0.15) is 12.0 Å². The van der Waals surface area contributed by atoms with E-state index >= 15 is 0 Å². The van der Waals surface area contributed by atoms with E-state index in [2.05, 4.69) is 5.32 Å². The zero-order valence-corrected chi connectivity index (χ0v) is 9.20. The molecule has 4 heteroatoms. The monoisotopic (exact) mass is 229 g/mol. The molecule has 0 saturated carbocycles. The van der Waals surface area contributed by atoms with E-state index in [0.717, 1.165) is 12.1 Å². The average Bonchev–Trinajstić information content (AvgIpc) is 2.24. The van der Waals surface area contributed by atoms with Crippen LogP contribution in [0.15, 0.2) is 30.3 Å². The second-order valence-electron chi connectivity index (χ2n) is 3.76. The number of hydrogen-bond acceptors (Lipinski definition) is 3. The van der Waals surface area contributed by atoms with Crippen LogP contribution in [0.4, 0.5) is 0 Å². The van der Waals surface area contributed by atoms with Gasteiger partial charge >= 0.3 is 0 Å². The lowest BCUT2D eigenvalue weighted by molar-refractivity contribution is -0.0976.